The van der Waals surface area contributed by atoms with E-state index in [1.165, 1.54) is 10.4 Å². The van der Waals surface area contributed by atoms with Crippen LogP contribution in [0.15, 0.2) is 47.4 Å². The van der Waals surface area contributed by atoms with Crippen molar-refractivity contribution in [3.8, 4) is 0 Å². The van der Waals surface area contributed by atoms with Crippen LogP contribution in [-0.2, 0) is 21.4 Å². The van der Waals surface area contributed by atoms with Crippen molar-refractivity contribution >= 4 is 44.8 Å². The Kier molecular flexibility index (Phi) is 6.97. The number of sulfonamides is 1. The molecule has 11 heteroatoms. The first-order valence-electron chi connectivity index (χ1n) is 9.15. The van der Waals surface area contributed by atoms with Crippen molar-refractivity contribution in [2.75, 3.05) is 13.1 Å². The van der Waals surface area contributed by atoms with E-state index in [-0.39, 0.29) is 40.5 Å². The number of nitro benzene ring substituents is 1. The molecule has 1 fully saturated rings. The first-order chi connectivity index (χ1) is 14.2. The maximum atomic E-state index is 12.9. The van der Waals surface area contributed by atoms with E-state index in [9.17, 15) is 23.3 Å². The predicted molar refractivity (Wildman–Crippen MR) is 113 cm³/mol. The second-order valence-corrected chi connectivity index (χ2v) is 9.65. The van der Waals surface area contributed by atoms with Gasteiger partial charge >= 0.3 is 0 Å². The highest BCUT2D eigenvalue weighted by molar-refractivity contribution is 7.89. The fourth-order valence-corrected chi connectivity index (χ4v) is 5.46. The fraction of sp³-hybridized carbons (Fsp3) is 0.316. The van der Waals surface area contributed by atoms with E-state index in [1.807, 2.05) is 6.07 Å². The number of amides is 1. The normalized spacial score (nSPS) is 15.7. The molecule has 1 heterocycles. The van der Waals surface area contributed by atoms with E-state index in [1.54, 1.807) is 18.2 Å². The summed E-state index contributed by atoms with van der Waals surface area (Å²) in [5, 5.41) is 14.3. The van der Waals surface area contributed by atoms with Crippen LogP contribution in [0.2, 0.25) is 10.0 Å². The minimum atomic E-state index is -4.01. The van der Waals surface area contributed by atoms with Gasteiger partial charge in [-0.25, -0.2) is 8.42 Å². The van der Waals surface area contributed by atoms with Crippen LogP contribution in [0.4, 0.5) is 5.69 Å². The molecule has 2 aromatic rings. The van der Waals surface area contributed by atoms with Gasteiger partial charge in [0.25, 0.3) is 5.69 Å². The summed E-state index contributed by atoms with van der Waals surface area (Å²) < 4.78 is 27.0. The Balaban J connectivity index is 1.62. The van der Waals surface area contributed by atoms with Crippen molar-refractivity contribution in [2.24, 2.45) is 5.92 Å². The zero-order chi connectivity index (χ0) is 21.9. The maximum Gasteiger partial charge on any atom is 0.270 e. The molecule has 1 aliphatic heterocycles. The quantitative estimate of drug-likeness (QED) is 0.510. The number of piperidine rings is 1. The Morgan fingerprint density at radius 3 is 2.50 bits per heavy atom. The SMILES string of the molecule is O=C(NCc1cccc(Cl)c1)C1CCN(S(=O)(=O)c2cc([N+](=O)[O-])ccc2Cl)CC1. The molecule has 3 rings (SSSR count). The summed E-state index contributed by atoms with van der Waals surface area (Å²) in [6, 6.07) is 10.5. The summed E-state index contributed by atoms with van der Waals surface area (Å²) in [5.41, 5.74) is 0.518. The predicted octanol–water partition coefficient (Wildman–Crippen LogP) is 3.62. The van der Waals surface area contributed by atoms with Gasteiger partial charge in [0.1, 0.15) is 4.90 Å². The third-order valence-electron chi connectivity index (χ3n) is 4.92. The van der Waals surface area contributed by atoms with Gasteiger partial charge in [0, 0.05) is 42.7 Å². The van der Waals surface area contributed by atoms with Crippen LogP contribution < -0.4 is 5.32 Å². The number of hydrogen-bond donors (Lipinski definition) is 1. The van der Waals surface area contributed by atoms with Gasteiger partial charge in [-0.1, -0.05) is 35.3 Å². The average molecular weight is 472 g/mol. The molecule has 30 heavy (non-hydrogen) atoms. The smallest absolute Gasteiger partial charge is 0.270 e. The standard InChI is InChI=1S/C19H19Cl2N3O5S/c20-15-3-1-2-13(10-15)12-22-19(25)14-6-8-23(9-7-14)30(28,29)18-11-16(24(26)27)4-5-17(18)21/h1-5,10-11,14H,6-9,12H2,(H,22,25). The number of nitrogens with zero attached hydrogens (tertiary/aromatic N) is 2. The van der Waals surface area contributed by atoms with Gasteiger partial charge in [0.05, 0.1) is 9.95 Å². The second kappa shape index (κ2) is 9.30. The molecule has 0 bridgehead atoms. The molecule has 160 valence electrons. The van der Waals surface area contributed by atoms with Crippen LogP contribution in [0.25, 0.3) is 0 Å². The average Bonchev–Trinajstić information content (AvgIpc) is 2.72. The molecule has 0 radical (unpaired) electrons. The molecule has 0 unspecified atom stereocenters. The fourth-order valence-electron chi connectivity index (χ4n) is 3.28. The van der Waals surface area contributed by atoms with Crippen LogP contribution in [0.3, 0.4) is 0 Å². The van der Waals surface area contributed by atoms with Crippen LogP contribution in [0.5, 0.6) is 0 Å². The minimum absolute atomic E-state index is 0.0815. The number of nitrogens with one attached hydrogen (secondary N) is 1. The molecule has 1 saturated heterocycles. The molecule has 1 aliphatic rings. The van der Waals surface area contributed by atoms with E-state index < -0.39 is 14.9 Å². The second-order valence-electron chi connectivity index (χ2n) is 6.90. The summed E-state index contributed by atoms with van der Waals surface area (Å²) in [7, 11) is -4.01. The van der Waals surface area contributed by atoms with Crippen LogP contribution in [-0.4, -0.2) is 36.6 Å². The molecular formula is C19H19Cl2N3O5S. The van der Waals surface area contributed by atoms with Crippen molar-refractivity contribution in [2.45, 2.75) is 24.3 Å². The lowest BCUT2D eigenvalue weighted by Crippen LogP contribution is -2.42. The molecule has 0 atom stereocenters. The highest BCUT2D eigenvalue weighted by Crippen LogP contribution is 2.31. The molecule has 8 nitrogen and oxygen atoms in total. The molecule has 1 N–H and O–H groups in total. The lowest BCUT2D eigenvalue weighted by molar-refractivity contribution is -0.385. The molecular weight excluding hydrogens is 453 g/mol. The summed E-state index contributed by atoms with van der Waals surface area (Å²) in [4.78, 5) is 22.4. The topological polar surface area (TPSA) is 110 Å². The van der Waals surface area contributed by atoms with E-state index in [2.05, 4.69) is 5.32 Å². The van der Waals surface area contributed by atoms with Gasteiger partial charge in [0.2, 0.25) is 15.9 Å². The number of hydrogen-bond acceptors (Lipinski definition) is 5. The summed E-state index contributed by atoms with van der Waals surface area (Å²) in [6.07, 6.45) is 0.681. The zero-order valence-electron chi connectivity index (χ0n) is 15.8. The number of rotatable bonds is 6. The molecule has 0 aromatic heterocycles. The van der Waals surface area contributed by atoms with E-state index in [0.29, 0.717) is 24.4 Å². The van der Waals surface area contributed by atoms with E-state index in [4.69, 9.17) is 23.2 Å². The van der Waals surface area contributed by atoms with Gasteiger partial charge in [-0.2, -0.15) is 4.31 Å². The van der Waals surface area contributed by atoms with Gasteiger partial charge < -0.3 is 5.32 Å². The van der Waals surface area contributed by atoms with Gasteiger partial charge in [-0.15, -0.1) is 0 Å². The Bertz CT molecular complexity index is 1070. The highest BCUT2D eigenvalue weighted by atomic mass is 35.5. The first-order valence-corrected chi connectivity index (χ1v) is 11.3. The van der Waals surface area contributed by atoms with Crippen molar-refractivity contribution in [1.29, 1.82) is 0 Å². The summed E-state index contributed by atoms with van der Waals surface area (Å²) >= 11 is 11.9. The third kappa shape index (κ3) is 5.10. The van der Waals surface area contributed by atoms with Crippen LogP contribution in [0, 0.1) is 16.0 Å². The zero-order valence-corrected chi connectivity index (χ0v) is 18.1. The van der Waals surface area contributed by atoms with Crippen LogP contribution >= 0.6 is 23.2 Å². The Labute approximate surface area is 184 Å². The third-order valence-corrected chi connectivity index (χ3v) is 7.54. The van der Waals surface area contributed by atoms with E-state index in [0.717, 1.165) is 17.7 Å². The first kappa shape index (κ1) is 22.5. The highest BCUT2D eigenvalue weighted by Gasteiger charge is 2.34. The number of benzene rings is 2. The van der Waals surface area contributed by atoms with Crippen LogP contribution in [0.1, 0.15) is 18.4 Å². The van der Waals surface area contributed by atoms with Crippen molar-refractivity contribution in [3.05, 3.63) is 68.2 Å². The van der Waals surface area contributed by atoms with Gasteiger partial charge in [-0.3, -0.25) is 14.9 Å². The Morgan fingerprint density at radius 1 is 1.17 bits per heavy atom. The van der Waals surface area contributed by atoms with Gasteiger partial charge in [-0.05, 0) is 36.6 Å². The molecule has 0 aliphatic carbocycles. The molecule has 1 amide bonds. The summed E-state index contributed by atoms with van der Waals surface area (Å²) in [6.45, 7) is 0.578. The van der Waals surface area contributed by atoms with Crippen molar-refractivity contribution < 1.29 is 18.1 Å². The Hall–Kier alpha value is -2.20. The van der Waals surface area contributed by atoms with Gasteiger partial charge in [0.15, 0.2) is 0 Å². The Morgan fingerprint density at radius 2 is 1.87 bits per heavy atom. The number of nitro groups is 1. The lowest BCUT2D eigenvalue weighted by Gasteiger charge is -2.30. The largest absolute Gasteiger partial charge is 0.352 e. The molecule has 2 aromatic carbocycles. The number of carbonyl (C=O) groups excluding carboxylic acids is 1. The molecule has 0 saturated carbocycles. The number of carbonyl (C=O) groups is 1. The van der Waals surface area contributed by atoms with Crippen molar-refractivity contribution in [3.63, 3.8) is 0 Å². The lowest BCUT2D eigenvalue weighted by atomic mass is 9.97. The van der Waals surface area contributed by atoms with E-state index >= 15 is 0 Å². The molecule has 0 spiro atoms. The monoisotopic (exact) mass is 471 g/mol. The van der Waals surface area contributed by atoms with Crippen molar-refractivity contribution in [1.82, 2.24) is 9.62 Å². The minimum Gasteiger partial charge on any atom is -0.352 e. The number of non-ortho nitro benzene ring substituents is 1. The number of halogens is 2. The maximum absolute atomic E-state index is 12.9. The summed E-state index contributed by atoms with van der Waals surface area (Å²) in [5.74, 6) is -0.475.